The zero-order valence-corrected chi connectivity index (χ0v) is 20.8. The number of nitrogens with zero attached hydrogens (tertiary/aromatic N) is 3. The number of benzene rings is 2. The average Bonchev–Trinajstić information content (AvgIpc) is 3.26. The second kappa shape index (κ2) is 10.2. The molecule has 1 aliphatic rings. The summed E-state index contributed by atoms with van der Waals surface area (Å²) < 4.78 is 5.87. The molecule has 1 unspecified atom stereocenters. The summed E-state index contributed by atoms with van der Waals surface area (Å²) in [5, 5.41) is 19.4. The van der Waals surface area contributed by atoms with Crippen LogP contribution in [-0.2, 0) is 11.2 Å². The number of rotatable bonds is 5. The van der Waals surface area contributed by atoms with Gasteiger partial charge < -0.3 is 20.1 Å². The number of ether oxygens (including phenoxy) is 1. The predicted octanol–water partition coefficient (Wildman–Crippen LogP) is 2.37. The maximum Gasteiger partial charge on any atom is 0.291 e. The lowest BCUT2D eigenvalue weighted by Crippen LogP contribution is -2.50. The van der Waals surface area contributed by atoms with Gasteiger partial charge in [0.25, 0.3) is 11.8 Å². The van der Waals surface area contributed by atoms with Gasteiger partial charge in [-0.05, 0) is 57.0 Å². The van der Waals surface area contributed by atoms with Crippen LogP contribution < -0.4 is 15.0 Å². The number of amides is 2. The highest BCUT2D eigenvalue weighted by Crippen LogP contribution is 2.32. The Balaban J connectivity index is 1.49. The number of aromatic nitrogens is 3. The highest BCUT2D eigenvalue weighted by atomic mass is 16.5. The average molecular weight is 488 g/mol. The van der Waals surface area contributed by atoms with Crippen molar-refractivity contribution < 1.29 is 19.4 Å². The van der Waals surface area contributed by atoms with Crippen molar-refractivity contribution in [3.05, 3.63) is 70.8 Å². The van der Waals surface area contributed by atoms with Gasteiger partial charge in [-0.2, -0.15) is 0 Å². The lowest BCUT2D eigenvalue weighted by molar-refractivity contribution is -0.120. The molecule has 9 heteroatoms. The van der Waals surface area contributed by atoms with Gasteiger partial charge in [0, 0.05) is 18.5 Å². The molecule has 4 rings (SSSR count). The fourth-order valence-corrected chi connectivity index (χ4v) is 3.82. The van der Waals surface area contributed by atoms with Crippen molar-refractivity contribution in [2.45, 2.75) is 45.8 Å². The van der Waals surface area contributed by atoms with Crippen LogP contribution in [0.1, 0.15) is 53.9 Å². The van der Waals surface area contributed by atoms with Gasteiger partial charge in [0.05, 0.1) is 5.69 Å². The number of anilines is 1. The first kappa shape index (κ1) is 24.9. The SMILES string of the molecule is CCN1C(=O)C(NC(=O)c2n[nH]c(Cc3ccccc3C)n2)COc2ccc(C#CC(C)(C)O)cc21. The van der Waals surface area contributed by atoms with Gasteiger partial charge in [-0.1, -0.05) is 36.1 Å². The third-order valence-corrected chi connectivity index (χ3v) is 5.71. The summed E-state index contributed by atoms with van der Waals surface area (Å²) in [7, 11) is 0. The summed E-state index contributed by atoms with van der Waals surface area (Å²) in [4.78, 5) is 32.1. The van der Waals surface area contributed by atoms with Crippen LogP contribution >= 0.6 is 0 Å². The lowest BCUT2D eigenvalue weighted by atomic mass is 10.1. The van der Waals surface area contributed by atoms with E-state index < -0.39 is 17.6 Å². The summed E-state index contributed by atoms with van der Waals surface area (Å²) in [6, 6.07) is 12.2. The number of carbonyl (C=O) groups is 2. The molecular formula is C27H29N5O4. The quantitative estimate of drug-likeness (QED) is 0.475. The Bertz CT molecular complexity index is 1350. The number of H-pyrrole nitrogens is 1. The molecule has 0 bridgehead atoms. The summed E-state index contributed by atoms with van der Waals surface area (Å²) in [5.41, 5.74) is 2.25. The summed E-state index contributed by atoms with van der Waals surface area (Å²) in [6.07, 6.45) is 0.510. The van der Waals surface area contributed by atoms with E-state index in [1.54, 1.807) is 36.9 Å². The predicted molar refractivity (Wildman–Crippen MR) is 135 cm³/mol. The number of aryl methyl sites for hydroxylation is 1. The van der Waals surface area contributed by atoms with Crippen LogP contribution in [0, 0.1) is 18.8 Å². The Labute approximate surface area is 209 Å². The van der Waals surface area contributed by atoms with Gasteiger partial charge in [-0.15, -0.1) is 5.10 Å². The minimum Gasteiger partial charge on any atom is -0.489 e. The number of hydrogen-bond acceptors (Lipinski definition) is 6. The molecule has 0 fully saturated rings. The molecule has 3 aromatic rings. The summed E-state index contributed by atoms with van der Waals surface area (Å²) >= 11 is 0. The number of hydrogen-bond donors (Lipinski definition) is 3. The second-order valence-corrected chi connectivity index (χ2v) is 9.12. The number of fused-ring (bicyclic) bond motifs is 1. The molecule has 0 spiro atoms. The Kier molecular flexibility index (Phi) is 7.08. The fraction of sp³-hybridized carbons (Fsp3) is 0.333. The Morgan fingerprint density at radius 2 is 2.08 bits per heavy atom. The molecule has 1 aromatic heterocycles. The van der Waals surface area contributed by atoms with E-state index in [4.69, 9.17) is 4.74 Å². The number of carbonyl (C=O) groups excluding carboxylic acids is 2. The molecule has 3 N–H and O–H groups in total. The normalized spacial score (nSPS) is 15.3. The van der Waals surface area contributed by atoms with Gasteiger partial charge in [-0.3, -0.25) is 14.7 Å². The van der Waals surface area contributed by atoms with Crippen molar-refractivity contribution in [2.24, 2.45) is 0 Å². The van der Waals surface area contributed by atoms with Gasteiger partial charge in [0.15, 0.2) is 0 Å². The molecule has 0 aliphatic carbocycles. The van der Waals surface area contributed by atoms with Crippen molar-refractivity contribution in [1.29, 1.82) is 0 Å². The van der Waals surface area contributed by atoms with Crippen LogP contribution in [0.5, 0.6) is 5.75 Å². The first-order chi connectivity index (χ1) is 17.1. The van der Waals surface area contributed by atoms with E-state index in [9.17, 15) is 14.7 Å². The molecule has 2 amide bonds. The maximum atomic E-state index is 13.3. The standard InChI is InChI=1S/C27H29N5O4/c1-5-32-21-14-18(12-13-27(3,4)35)10-11-22(21)36-16-20(26(32)34)28-25(33)24-29-23(30-31-24)15-19-9-7-6-8-17(19)2/h6-11,14,20,35H,5,15-16H2,1-4H3,(H,28,33)(H,29,30,31). The molecule has 1 aliphatic heterocycles. The topological polar surface area (TPSA) is 120 Å². The van der Waals surface area contributed by atoms with Crippen molar-refractivity contribution in [2.75, 3.05) is 18.1 Å². The van der Waals surface area contributed by atoms with Crippen LogP contribution in [0.3, 0.4) is 0 Å². The lowest BCUT2D eigenvalue weighted by Gasteiger charge is -2.23. The summed E-state index contributed by atoms with van der Waals surface area (Å²) in [5.74, 6) is 5.83. The van der Waals surface area contributed by atoms with Crippen molar-refractivity contribution in [3.8, 4) is 17.6 Å². The van der Waals surface area contributed by atoms with E-state index in [-0.39, 0.29) is 18.3 Å². The van der Waals surface area contributed by atoms with Crippen LogP contribution in [0.15, 0.2) is 42.5 Å². The van der Waals surface area contributed by atoms with Crippen LogP contribution in [0.2, 0.25) is 0 Å². The van der Waals surface area contributed by atoms with E-state index in [0.717, 1.165) is 11.1 Å². The molecular weight excluding hydrogens is 458 g/mol. The highest BCUT2D eigenvalue weighted by Gasteiger charge is 2.33. The zero-order valence-electron chi connectivity index (χ0n) is 20.8. The smallest absolute Gasteiger partial charge is 0.291 e. The summed E-state index contributed by atoms with van der Waals surface area (Å²) in [6.45, 7) is 7.38. The third-order valence-electron chi connectivity index (χ3n) is 5.71. The zero-order chi connectivity index (χ0) is 25.9. The molecule has 186 valence electrons. The molecule has 2 heterocycles. The Hall–Kier alpha value is -4.16. The van der Waals surface area contributed by atoms with E-state index in [0.29, 0.717) is 35.8 Å². The van der Waals surface area contributed by atoms with Crippen LogP contribution in [0.4, 0.5) is 5.69 Å². The minimum atomic E-state index is -1.14. The largest absolute Gasteiger partial charge is 0.489 e. The minimum absolute atomic E-state index is 0.0384. The van der Waals surface area contributed by atoms with E-state index in [2.05, 4.69) is 32.3 Å². The van der Waals surface area contributed by atoms with Gasteiger partial charge >= 0.3 is 0 Å². The van der Waals surface area contributed by atoms with Gasteiger partial charge in [-0.25, -0.2) is 4.98 Å². The molecule has 0 saturated carbocycles. The Morgan fingerprint density at radius 3 is 2.81 bits per heavy atom. The monoisotopic (exact) mass is 487 g/mol. The van der Waals surface area contributed by atoms with Gasteiger partial charge in [0.2, 0.25) is 5.82 Å². The van der Waals surface area contributed by atoms with Crippen molar-refractivity contribution in [1.82, 2.24) is 20.5 Å². The molecule has 0 saturated heterocycles. The van der Waals surface area contributed by atoms with E-state index in [1.165, 1.54) is 0 Å². The third kappa shape index (κ3) is 5.73. The second-order valence-electron chi connectivity index (χ2n) is 9.12. The number of likely N-dealkylation sites (N-methyl/N-ethyl adjacent to an activating group) is 1. The van der Waals surface area contributed by atoms with Crippen molar-refractivity contribution >= 4 is 17.5 Å². The number of nitrogens with one attached hydrogen (secondary N) is 2. The maximum absolute atomic E-state index is 13.3. The Morgan fingerprint density at radius 1 is 1.31 bits per heavy atom. The van der Waals surface area contributed by atoms with Crippen LogP contribution in [-0.4, -0.2) is 56.9 Å². The fourth-order valence-electron chi connectivity index (χ4n) is 3.82. The molecule has 36 heavy (non-hydrogen) atoms. The first-order valence-corrected chi connectivity index (χ1v) is 11.7. The highest BCUT2D eigenvalue weighted by molar-refractivity contribution is 6.02. The number of aromatic amines is 1. The molecule has 0 radical (unpaired) electrons. The van der Waals surface area contributed by atoms with E-state index >= 15 is 0 Å². The molecule has 1 atom stereocenters. The number of aliphatic hydroxyl groups is 1. The molecule has 9 nitrogen and oxygen atoms in total. The van der Waals surface area contributed by atoms with Crippen molar-refractivity contribution in [3.63, 3.8) is 0 Å². The van der Waals surface area contributed by atoms with E-state index in [1.807, 2.05) is 38.1 Å². The van der Waals surface area contributed by atoms with Gasteiger partial charge in [0.1, 0.15) is 29.8 Å². The van der Waals surface area contributed by atoms with Crippen LogP contribution in [0.25, 0.3) is 0 Å². The first-order valence-electron chi connectivity index (χ1n) is 11.7. The molecule has 2 aromatic carbocycles.